The van der Waals surface area contributed by atoms with Gasteiger partial charge in [-0.1, -0.05) is 44.9 Å². The molecule has 2 N–H and O–H groups in total. The summed E-state index contributed by atoms with van der Waals surface area (Å²) in [6.07, 6.45) is 5.99. The van der Waals surface area contributed by atoms with Crippen LogP contribution in [0.3, 0.4) is 0 Å². The van der Waals surface area contributed by atoms with E-state index in [-0.39, 0.29) is 12.6 Å². The van der Waals surface area contributed by atoms with E-state index in [1.165, 1.54) is 0 Å². The molecule has 3 heteroatoms. The Hall–Kier alpha value is -1.95. The monoisotopic (exact) mass is 244 g/mol. The molecule has 0 aliphatic carbocycles. The van der Waals surface area contributed by atoms with E-state index in [2.05, 4.69) is 37.3 Å². The summed E-state index contributed by atoms with van der Waals surface area (Å²) in [5.41, 5.74) is 3.19. The Labute approximate surface area is 109 Å². The van der Waals surface area contributed by atoms with Crippen molar-refractivity contribution in [2.75, 3.05) is 11.9 Å². The minimum atomic E-state index is -0.254. The molecule has 18 heavy (non-hydrogen) atoms. The van der Waals surface area contributed by atoms with Gasteiger partial charge in [-0.3, -0.25) is 0 Å². The van der Waals surface area contributed by atoms with Crippen LogP contribution in [0.25, 0.3) is 0 Å². The molecule has 0 aromatic heterocycles. The molecule has 0 saturated carbocycles. The molecule has 0 aliphatic rings. The van der Waals surface area contributed by atoms with Crippen molar-refractivity contribution in [1.82, 2.24) is 5.32 Å². The van der Waals surface area contributed by atoms with Crippen molar-refractivity contribution in [2.45, 2.75) is 33.1 Å². The van der Waals surface area contributed by atoms with Crippen molar-refractivity contribution < 1.29 is 4.79 Å². The first-order valence-corrected chi connectivity index (χ1v) is 6.20. The van der Waals surface area contributed by atoms with Gasteiger partial charge >= 0.3 is 6.03 Å². The van der Waals surface area contributed by atoms with Crippen LogP contribution in [0.15, 0.2) is 18.2 Å². The number of hydrogen-bond acceptors (Lipinski definition) is 1. The van der Waals surface area contributed by atoms with Gasteiger partial charge in [-0.2, -0.15) is 0 Å². The second-order valence-corrected chi connectivity index (χ2v) is 4.40. The summed E-state index contributed by atoms with van der Waals surface area (Å²) in [5.74, 6) is 2.74. The predicted octanol–water partition coefficient (Wildman–Crippen LogP) is 3.13. The zero-order valence-electron chi connectivity index (χ0n) is 11.2. The fourth-order valence-electron chi connectivity index (χ4n) is 1.84. The highest BCUT2D eigenvalue weighted by molar-refractivity contribution is 5.91. The fourth-order valence-corrected chi connectivity index (χ4v) is 1.84. The first-order chi connectivity index (χ1) is 8.60. The number of aryl methyl sites for hydroxylation is 1. The van der Waals surface area contributed by atoms with Crippen molar-refractivity contribution >= 4 is 11.7 Å². The zero-order chi connectivity index (χ0) is 13.5. The number of nitrogens with one attached hydrogen (secondary N) is 2. The normalized spacial score (nSPS) is 9.94. The largest absolute Gasteiger partial charge is 0.327 e. The topological polar surface area (TPSA) is 41.1 Å². The van der Waals surface area contributed by atoms with Gasteiger partial charge in [0.05, 0.1) is 6.54 Å². The lowest BCUT2D eigenvalue weighted by atomic mass is 9.97. The van der Waals surface area contributed by atoms with Crippen LogP contribution in [-0.2, 0) is 6.42 Å². The highest BCUT2D eigenvalue weighted by Gasteiger charge is 2.12. The van der Waals surface area contributed by atoms with E-state index in [4.69, 9.17) is 6.42 Å². The molecular weight excluding hydrogens is 224 g/mol. The van der Waals surface area contributed by atoms with Gasteiger partial charge in [0.2, 0.25) is 0 Å². The smallest absolute Gasteiger partial charge is 0.320 e. The number of hydrogen-bond donors (Lipinski definition) is 2. The van der Waals surface area contributed by atoms with Gasteiger partial charge in [0.15, 0.2) is 0 Å². The molecule has 0 atom stereocenters. The van der Waals surface area contributed by atoms with Crippen molar-refractivity contribution in [2.24, 2.45) is 0 Å². The Morgan fingerprint density at radius 3 is 2.72 bits per heavy atom. The molecule has 3 nitrogen and oxygen atoms in total. The van der Waals surface area contributed by atoms with E-state index in [1.807, 2.05) is 18.2 Å². The Morgan fingerprint density at radius 1 is 1.44 bits per heavy atom. The van der Waals surface area contributed by atoms with E-state index in [9.17, 15) is 4.79 Å². The average molecular weight is 244 g/mol. The Kier molecular flexibility index (Phi) is 5.26. The molecule has 0 heterocycles. The molecule has 0 unspecified atom stereocenters. The third-order valence-corrected chi connectivity index (χ3v) is 2.78. The number of carbonyl (C=O) groups excluding carboxylic acids is 1. The van der Waals surface area contributed by atoms with Crippen LogP contribution in [-0.4, -0.2) is 12.6 Å². The van der Waals surface area contributed by atoms with Crippen LogP contribution < -0.4 is 10.6 Å². The van der Waals surface area contributed by atoms with Gasteiger partial charge in [0.1, 0.15) is 0 Å². The van der Waals surface area contributed by atoms with Crippen LogP contribution in [0.4, 0.5) is 10.5 Å². The molecule has 0 radical (unpaired) electrons. The molecule has 1 rings (SSSR count). The molecule has 1 aromatic carbocycles. The summed E-state index contributed by atoms with van der Waals surface area (Å²) in [6.45, 7) is 6.53. The van der Waals surface area contributed by atoms with Crippen LogP contribution in [0.5, 0.6) is 0 Å². The van der Waals surface area contributed by atoms with Crippen LogP contribution in [0.1, 0.15) is 37.8 Å². The lowest BCUT2D eigenvalue weighted by Crippen LogP contribution is -2.29. The maximum absolute atomic E-state index is 11.7. The summed E-state index contributed by atoms with van der Waals surface area (Å²) in [4.78, 5) is 11.7. The number of urea groups is 1. The molecule has 0 bridgehead atoms. The molecule has 96 valence electrons. The third-order valence-electron chi connectivity index (χ3n) is 2.78. The van der Waals surface area contributed by atoms with E-state index in [1.54, 1.807) is 0 Å². The van der Waals surface area contributed by atoms with Gasteiger partial charge in [-0.05, 0) is 23.5 Å². The zero-order valence-corrected chi connectivity index (χ0v) is 11.2. The molecule has 2 amide bonds. The van der Waals surface area contributed by atoms with Crippen molar-refractivity contribution in [3.8, 4) is 12.3 Å². The minimum absolute atomic E-state index is 0.233. The SMILES string of the molecule is C#CCNC(=O)Nc1c(CC)cccc1C(C)C. The van der Waals surface area contributed by atoms with Crippen LogP contribution in [0.2, 0.25) is 0 Å². The number of amides is 2. The summed E-state index contributed by atoms with van der Waals surface area (Å²) >= 11 is 0. The summed E-state index contributed by atoms with van der Waals surface area (Å²) in [6, 6.07) is 5.85. The molecule has 1 aromatic rings. The highest BCUT2D eigenvalue weighted by Crippen LogP contribution is 2.28. The maximum Gasteiger partial charge on any atom is 0.320 e. The van der Waals surface area contributed by atoms with Crippen molar-refractivity contribution in [3.05, 3.63) is 29.3 Å². The van der Waals surface area contributed by atoms with Gasteiger partial charge in [-0.15, -0.1) is 6.42 Å². The van der Waals surface area contributed by atoms with Crippen LogP contribution in [0, 0.1) is 12.3 Å². The fraction of sp³-hybridized carbons (Fsp3) is 0.400. The molecular formula is C15H20N2O. The number of rotatable bonds is 4. The van der Waals surface area contributed by atoms with E-state index in [0.717, 1.165) is 23.2 Å². The lowest BCUT2D eigenvalue weighted by Gasteiger charge is -2.17. The first kappa shape index (κ1) is 14.1. The number of benzene rings is 1. The molecule has 0 spiro atoms. The minimum Gasteiger partial charge on any atom is -0.327 e. The van der Waals surface area contributed by atoms with E-state index >= 15 is 0 Å². The standard InChI is InChI=1S/C15H20N2O/c1-5-10-16-15(18)17-14-12(6-2)8-7-9-13(14)11(3)4/h1,7-9,11H,6,10H2,2-4H3,(H2,16,17,18). The second-order valence-electron chi connectivity index (χ2n) is 4.40. The number of carbonyl (C=O) groups is 1. The maximum atomic E-state index is 11.7. The summed E-state index contributed by atoms with van der Waals surface area (Å²) in [7, 11) is 0. The van der Waals surface area contributed by atoms with E-state index in [0.29, 0.717) is 5.92 Å². The molecule has 0 fully saturated rings. The number of terminal acetylenes is 1. The molecule has 0 saturated heterocycles. The highest BCUT2D eigenvalue weighted by atomic mass is 16.2. The van der Waals surface area contributed by atoms with E-state index < -0.39 is 0 Å². The third kappa shape index (κ3) is 3.53. The number of anilines is 1. The summed E-state index contributed by atoms with van der Waals surface area (Å²) in [5, 5.41) is 5.51. The van der Waals surface area contributed by atoms with Crippen molar-refractivity contribution in [3.63, 3.8) is 0 Å². The quantitative estimate of drug-likeness (QED) is 0.785. The van der Waals surface area contributed by atoms with Gasteiger partial charge in [-0.25, -0.2) is 4.79 Å². The lowest BCUT2D eigenvalue weighted by molar-refractivity contribution is 0.253. The second kappa shape index (κ2) is 6.70. The van der Waals surface area contributed by atoms with Crippen molar-refractivity contribution in [1.29, 1.82) is 0 Å². The van der Waals surface area contributed by atoms with Crippen LogP contribution >= 0.6 is 0 Å². The van der Waals surface area contributed by atoms with Gasteiger partial charge < -0.3 is 10.6 Å². The average Bonchev–Trinajstić information content (AvgIpc) is 2.36. The Bertz CT molecular complexity index is 458. The first-order valence-electron chi connectivity index (χ1n) is 6.20. The predicted molar refractivity (Wildman–Crippen MR) is 75.8 cm³/mol. The molecule has 0 aliphatic heterocycles. The van der Waals surface area contributed by atoms with Gasteiger partial charge in [0.25, 0.3) is 0 Å². The Morgan fingerprint density at radius 2 is 2.17 bits per heavy atom. The summed E-state index contributed by atoms with van der Waals surface area (Å²) < 4.78 is 0. The van der Waals surface area contributed by atoms with Gasteiger partial charge in [0, 0.05) is 5.69 Å². The number of para-hydroxylation sites is 1. The Balaban J connectivity index is 2.98.